The van der Waals surface area contributed by atoms with Gasteiger partial charge in [0, 0.05) is 19.3 Å². The Morgan fingerprint density at radius 2 is 1.97 bits per heavy atom. The van der Waals surface area contributed by atoms with Gasteiger partial charge in [-0.2, -0.15) is 0 Å². The second kappa shape index (κ2) is 8.79. The third-order valence-electron chi connectivity index (χ3n) is 5.96. The molecule has 33 heavy (non-hydrogen) atoms. The van der Waals surface area contributed by atoms with Crippen LogP contribution >= 0.6 is 24.0 Å². The summed E-state index contributed by atoms with van der Waals surface area (Å²) in [4.78, 5) is 35.7. The minimum atomic E-state index is -0.231. The molecule has 3 aromatic heterocycles. The number of anilines is 1. The van der Waals surface area contributed by atoms with Crippen molar-refractivity contribution in [3.05, 3.63) is 69.4 Å². The summed E-state index contributed by atoms with van der Waals surface area (Å²) in [5, 5.41) is 0. The molecular weight excluding hydrogens is 456 g/mol. The van der Waals surface area contributed by atoms with Gasteiger partial charge in [-0.1, -0.05) is 43.9 Å². The Labute approximate surface area is 201 Å². The first kappa shape index (κ1) is 21.9. The number of carbonyl (C=O) groups excluding carboxylic acids is 1. The van der Waals surface area contributed by atoms with Gasteiger partial charge in [0.1, 0.15) is 21.5 Å². The van der Waals surface area contributed by atoms with Crippen molar-refractivity contribution in [1.29, 1.82) is 0 Å². The van der Waals surface area contributed by atoms with Crippen LogP contribution in [0.1, 0.15) is 31.6 Å². The molecule has 2 saturated heterocycles. The minimum Gasteiger partial charge on any atom is -0.467 e. The van der Waals surface area contributed by atoms with Crippen molar-refractivity contribution in [1.82, 2.24) is 14.3 Å². The molecule has 0 spiro atoms. The zero-order valence-electron chi connectivity index (χ0n) is 18.4. The van der Waals surface area contributed by atoms with Crippen LogP contribution in [0.4, 0.5) is 5.82 Å². The van der Waals surface area contributed by atoms with E-state index >= 15 is 0 Å². The molecule has 5 heterocycles. The molecule has 0 aliphatic carbocycles. The predicted octanol–water partition coefficient (Wildman–Crippen LogP) is 4.17. The third-order valence-corrected chi connectivity index (χ3v) is 7.34. The Morgan fingerprint density at radius 1 is 1.18 bits per heavy atom. The standard InChI is InChI=1S/C24H24N4O3S2/c1-15-10-16(2)13-26(12-15)21-18(22(29)27-8-4-3-7-20(27)25-21)11-19-23(30)28(24(32)33-19)14-17-6-5-9-31-17/h3-9,11,15-16H,10,12-14H2,1-2H3/b19-11-/t15-,16-/m0/s1. The van der Waals surface area contributed by atoms with Gasteiger partial charge in [0.15, 0.2) is 0 Å². The van der Waals surface area contributed by atoms with Crippen LogP contribution < -0.4 is 10.5 Å². The summed E-state index contributed by atoms with van der Waals surface area (Å²) in [6, 6.07) is 9.07. The van der Waals surface area contributed by atoms with Crippen LogP contribution in [0.25, 0.3) is 11.7 Å². The first-order valence-electron chi connectivity index (χ1n) is 10.9. The van der Waals surface area contributed by atoms with E-state index < -0.39 is 0 Å². The van der Waals surface area contributed by atoms with E-state index in [0.29, 0.717) is 43.9 Å². The summed E-state index contributed by atoms with van der Waals surface area (Å²) >= 11 is 6.66. The molecule has 2 atom stereocenters. The van der Waals surface area contributed by atoms with Gasteiger partial charge < -0.3 is 9.32 Å². The number of furan rings is 1. The van der Waals surface area contributed by atoms with Crippen molar-refractivity contribution in [3.63, 3.8) is 0 Å². The molecule has 0 saturated carbocycles. The number of pyridine rings is 1. The average molecular weight is 481 g/mol. The molecule has 0 radical (unpaired) electrons. The van der Waals surface area contributed by atoms with Crippen LogP contribution in [-0.4, -0.2) is 37.6 Å². The highest BCUT2D eigenvalue weighted by Gasteiger charge is 2.34. The van der Waals surface area contributed by atoms with Crippen molar-refractivity contribution in [2.24, 2.45) is 11.8 Å². The fraction of sp³-hybridized carbons (Fsp3) is 0.333. The summed E-state index contributed by atoms with van der Waals surface area (Å²) in [6.07, 6.45) is 6.08. The van der Waals surface area contributed by atoms with Gasteiger partial charge in [0.2, 0.25) is 0 Å². The molecule has 3 aromatic rings. The number of rotatable bonds is 4. The number of carbonyl (C=O) groups is 1. The number of amides is 1. The summed E-state index contributed by atoms with van der Waals surface area (Å²) in [7, 11) is 0. The van der Waals surface area contributed by atoms with E-state index in [-0.39, 0.29) is 18.0 Å². The molecule has 0 unspecified atom stereocenters. The summed E-state index contributed by atoms with van der Waals surface area (Å²) < 4.78 is 7.35. The maximum absolute atomic E-state index is 13.5. The van der Waals surface area contributed by atoms with Crippen molar-refractivity contribution in [2.75, 3.05) is 18.0 Å². The van der Waals surface area contributed by atoms with E-state index in [2.05, 4.69) is 18.7 Å². The molecule has 170 valence electrons. The lowest BCUT2D eigenvalue weighted by molar-refractivity contribution is -0.122. The van der Waals surface area contributed by atoms with E-state index in [1.54, 1.807) is 36.7 Å². The smallest absolute Gasteiger partial charge is 0.267 e. The van der Waals surface area contributed by atoms with Gasteiger partial charge in [0.05, 0.1) is 23.3 Å². The zero-order chi connectivity index (χ0) is 23.1. The predicted molar refractivity (Wildman–Crippen MR) is 134 cm³/mol. The Kier molecular flexibility index (Phi) is 5.84. The van der Waals surface area contributed by atoms with E-state index in [1.165, 1.54) is 21.1 Å². The van der Waals surface area contributed by atoms with Crippen LogP contribution in [0.2, 0.25) is 0 Å². The molecule has 2 fully saturated rings. The quantitative estimate of drug-likeness (QED) is 0.410. The fourth-order valence-electron chi connectivity index (χ4n) is 4.62. The maximum atomic E-state index is 13.5. The zero-order valence-corrected chi connectivity index (χ0v) is 20.1. The molecule has 0 aromatic carbocycles. The Bertz CT molecular complexity index is 1300. The lowest BCUT2D eigenvalue weighted by Gasteiger charge is -2.36. The first-order valence-corrected chi connectivity index (χ1v) is 12.2. The molecule has 7 nitrogen and oxygen atoms in total. The highest BCUT2D eigenvalue weighted by atomic mass is 32.2. The lowest BCUT2D eigenvalue weighted by atomic mass is 9.91. The van der Waals surface area contributed by atoms with Gasteiger partial charge in [-0.25, -0.2) is 4.98 Å². The van der Waals surface area contributed by atoms with Crippen LogP contribution in [0, 0.1) is 11.8 Å². The molecule has 2 aliphatic rings. The van der Waals surface area contributed by atoms with E-state index in [4.69, 9.17) is 21.6 Å². The minimum absolute atomic E-state index is 0.196. The summed E-state index contributed by atoms with van der Waals surface area (Å²) in [6.45, 7) is 6.34. The monoisotopic (exact) mass is 480 g/mol. The Balaban J connectivity index is 1.59. The maximum Gasteiger partial charge on any atom is 0.267 e. The van der Waals surface area contributed by atoms with Gasteiger partial charge in [-0.15, -0.1) is 0 Å². The van der Waals surface area contributed by atoms with Crippen LogP contribution in [0.3, 0.4) is 0 Å². The second-order valence-electron chi connectivity index (χ2n) is 8.78. The van der Waals surface area contributed by atoms with Crippen LogP contribution in [-0.2, 0) is 11.3 Å². The molecule has 9 heteroatoms. The Hall–Kier alpha value is -2.91. The Morgan fingerprint density at radius 3 is 2.70 bits per heavy atom. The van der Waals surface area contributed by atoms with Crippen LogP contribution in [0.15, 0.2) is 56.9 Å². The number of thiocarbonyl (C=S) groups is 1. The molecule has 2 aliphatic heterocycles. The normalized spacial score (nSPS) is 22.7. The average Bonchev–Trinajstić information content (AvgIpc) is 3.39. The van der Waals surface area contributed by atoms with E-state index in [0.717, 1.165) is 19.5 Å². The number of hydrogen-bond donors (Lipinski definition) is 0. The number of nitrogens with zero attached hydrogens (tertiary/aromatic N) is 4. The van der Waals surface area contributed by atoms with Crippen molar-refractivity contribution in [2.45, 2.75) is 26.8 Å². The van der Waals surface area contributed by atoms with E-state index in [1.807, 2.05) is 12.1 Å². The molecule has 5 rings (SSSR count). The first-order chi connectivity index (χ1) is 15.9. The molecule has 1 amide bonds. The molecular formula is C24H24N4O3S2. The summed E-state index contributed by atoms with van der Waals surface area (Å²) in [5.41, 5.74) is 0.808. The van der Waals surface area contributed by atoms with Gasteiger partial charge in [-0.05, 0) is 48.6 Å². The SMILES string of the molecule is C[C@H]1C[C@H](C)CN(c2nc3ccccn3c(=O)c2/C=C2\SC(=S)N(Cc3ccco3)C2=O)C1. The van der Waals surface area contributed by atoms with Crippen molar-refractivity contribution >= 4 is 51.7 Å². The summed E-state index contributed by atoms with van der Waals surface area (Å²) in [5.74, 6) is 2.02. The number of thioether (sulfide) groups is 1. The van der Waals surface area contributed by atoms with Gasteiger partial charge in [0.25, 0.3) is 11.5 Å². The van der Waals surface area contributed by atoms with Crippen LogP contribution in [0.5, 0.6) is 0 Å². The van der Waals surface area contributed by atoms with Crippen molar-refractivity contribution in [3.8, 4) is 0 Å². The van der Waals surface area contributed by atoms with Gasteiger partial charge in [-0.3, -0.25) is 18.9 Å². The van der Waals surface area contributed by atoms with Gasteiger partial charge >= 0.3 is 0 Å². The lowest BCUT2D eigenvalue weighted by Crippen LogP contribution is -2.40. The molecule has 0 bridgehead atoms. The number of fused-ring (bicyclic) bond motifs is 1. The highest BCUT2D eigenvalue weighted by Crippen LogP contribution is 2.35. The second-order valence-corrected chi connectivity index (χ2v) is 10.5. The van der Waals surface area contributed by atoms with Crippen molar-refractivity contribution < 1.29 is 9.21 Å². The fourth-order valence-corrected chi connectivity index (χ4v) is 5.86. The largest absolute Gasteiger partial charge is 0.467 e. The van der Waals surface area contributed by atoms with E-state index in [9.17, 15) is 9.59 Å². The number of hydrogen-bond acceptors (Lipinski definition) is 7. The number of aromatic nitrogens is 2. The topological polar surface area (TPSA) is 71.1 Å². The number of piperidine rings is 1. The molecule has 0 N–H and O–H groups in total. The third kappa shape index (κ3) is 4.22. The highest BCUT2D eigenvalue weighted by molar-refractivity contribution is 8.26.